The number of hydrogen-bond donors (Lipinski definition) is 4. The number of esters is 1. The molecular formula is C8H12O8. The molecule has 1 aliphatic rings. The van der Waals surface area contributed by atoms with Gasteiger partial charge in [0.2, 0.25) is 6.29 Å². The molecule has 0 aromatic heterocycles. The maximum absolute atomic E-state index is 10.6. The summed E-state index contributed by atoms with van der Waals surface area (Å²) in [6.07, 6.45) is -8.63. The number of aliphatic hydroxyl groups excluding tert-OH is 3. The van der Waals surface area contributed by atoms with Crippen LogP contribution in [0.1, 0.15) is 6.92 Å². The first-order chi connectivity index (χ1) is 7.34. The number of carboxylic acids is 1. The van der Waals surface area contributed by atoms with E-state index in [2.05, 4.69) is 9.47 Å². The maximum Gasteiger partial charge on any atom is 0.335 e. The smallest absolute Gasteiger partial charge is 0.335 e. The van der Waals surface area contributed by atoms with Gasteiger partial charge in [0.1, 0.15) is 18.3 Å². The van der Waals surface area contributed by atoms with Crippen LogP contribution in [0.4, 0.5) is 0 Å². The quantitative estimate of drug-likeness (QED) is 0.385. The van der Waals surface area contributed by atoms with Crippen molar-refractivity contribution in [2.45, 2.75) is 37.6 Å². The molecule has 1 fully saturated rings. The zero-order valence-corrected chi connectivity index (χ0v) is 8.31. The first-order valence-corrected chi connectivity index (χ1v) is 4.44. The van der Waals surface area contributed by atoms with Gasteiger partial charge in [-0.25, -0.2) is 4.79 Å². The zero-order chi connectivity index (χ0) is 12.5. The molecule has 92 valence electrons. The van der Waals surface area contributed by atoms with Crippen LogP contribution in [0.15, 0.2) is 0 Å². The highest BCUT2D eigenvalue weighted by atomic mass is 16.7. The van der Waals surface area contributed by atoms with Crippen molar-refractivity contribution in [3.05, 3.63) is 0 Å². The Kier molecular flexibility index (Phi) is 3.81. The molecule has 0 spiro atoms. The van der Waals surface area contributed by atoms with Crippen molar-refractivity contribution in [3.63, 3.8) is 0 Å². The minimum Gasteiger partial charge on any atom is -0.479 e. The van der Waals surface area contributed by atoms with Gasteiger partial charge in [0.25, 0.3) is 0 Å². The average Bonchev–Trinajstić information content (AvgIpc) is 2.18. The van der Waals surface area contributed by atoms with E-state index in [0.717, 1.165) is 6.92 Å². The van der Waals surface area contributed by atoms with Gasteiger partial charge in [0.05, 0.1) is 0 Å². The van der Waals surface area contributed by atoms with E-state index in [1.54, 1.807) is 0 Å². The molecule has 8 heteroatoms. The van der Waals surface area contributed by atoms with Crippen molar-refractivity contribution in [1.29, 1.82) is 0 Å². The molecule has 1 heterocycles. The van der Waals surface area contributed by atoms with Crippen molar-refractivity contribution in [2.24, 2.45) is 0 Å². The number of carboxylic acid groups (broad SMARTS) is 1. The molecule has 1 rings (SSSR count). The van der Waals surface area contributed by atoms with Gasteiger partial charge in [-0.2, -0.15) is 0 Å². The Labute approximate surface area is 90.0 Å². The predicted molar refractivity (Wildman–Crippen MR) is 46.1 cm³/mol. The van der Waals surface area contributed by atoms with Crippen molar-refractivity contribution in [3.8, 4) is 0 Å². The standard InChI is InChI=1S/C8H12O8/c1-2(9)15-8-5(12)3(10)4(11)6(16-8)7(13)14/h3-6,8,10-12H,1H3,(H,13,14)/t3-,4?,5?,6?,8+/m0/s1. The summed E-state index contributed by atoms with van der Waals surface area (Å²) in [5.41, 5.74) is 0. The zero-order valence-electron chi connectivity index (χ0n) is 8.31. The molecule has 4 N–H and O–H groups in total. The van der Waals surface area contributed by atoms with E-state index in [-0.39, 0.29) is 0 Å². The van der Waals surface area contributed by atoms with Crippen LogP contribution in [0.3, 0.4) is 0 Å². The van der Waals surface area contributed by atoms with E-state index < -0.39 is 42.6 Å². The molecule has 0 aromatic rings. The van der Waals surface area contributed by atoms with Gasteiger partial charge in [-0.3, -0.25) is 4.79 Å². The maximum atomic E-state index is 10.6. The Bertz CT molecular complexity index is 288. The van der Waals surface area contributed by atoms with Crippen LogP contribution in [-0.4, -0.2) is 63.1 Å². The number of carbonyl (C=O) groups excluding carboxylic acids is 1. The largest absolute Gasteiger partial charge is 0.479 e. The number of aliphatic carboxylic acids is 1. The van der Waals surface area contributed by atoms with E-state index in [1.807, 2.05) is 0 Å². The second-order valence-corrected chi connectivity index (χ2v) is 3.34. The lowest BCUT2D eigenvalue weighted by Gasteiger charge is -2.37. The molecule has 0 radical (unpaired) electrons. The summed E-state index contributed by atoms with van der Waals surface area (Å²) in [6, 6.07) is 0. The van der Waals surface area contributed by atoms with Gasteiger partial charge in [-0.05, 0) is 0 Å². The van der Waals surface area contributed by atoms with Crippen LogP contribution in [0.25, 0.3) is 0 Å². The highest BCUT2D eigenvalue weighted by Gasteiger charge is 2.48. The molecule has 0 amide bonds. The van der Waals surface area contributed by atoms with Crippen molar-refractivity contribution < 1.29 is 39.5 Å². The molecular weight excluding hydrogens is 224 g/mol. The molecule has 0 bridgehead atoms. The number of hydrogen-bond acceptors (Lipinski definition) is 7. The number of aliphatic hydroxyl groups is 3. The van der Waals surface area contributed by atoms with E-state index >= 15 is 0 Å². The van der Waals surface area contributed by atoms with Gasteiger partial charge >= 0.3 is 11.9 Å². The second kappa shape index (κ2) is 4.74. The van der Waals surface area contributed by atoms with Crippen molar-refractivity contribution >= 4 is 11.9 Å². The van der Waals surface area contributed by atoms with E-state index in [0.29, 0.717) is 0 Å². The highest BCUT2D eigenvalue weighted by Crippen LogP contribution is 2.22. The fraction of sp³-hybridized carbons (Fsp3) is 0.750. The highest BCUT2D eigenvalue weighted by molar-refractivity contribution is 5.73. The third-order valence-corrected chi connectivity index (χ3v) is 2.10. The third-order valence-electron chi connectivity index (χ3n) is 2.10. The molecule has 0 aliphatic carbocycles. The topological polar surface area (TPSA) is 134 Å². The minimum atomic E-state index is -1.79. The number of rotatable bonds is 2. The van der Waals surface area contributed by atoms with Crippen LogP contribution in [0.2, 0.25) is 0 Å². The summed E-state index contributed by atoms with van der Waals surface area (Å²) in [6.45, 7) is 1.03. The van der Waals surface area contributed by atoms with Crippen LogP contribution in [0.5, 0.6) is 0 Å². The Morgan fingerprint density at radius 1 is 1.12 bits per heavy atom. The van der Waals surface area contributed by atoms with E-state index in [1.165, 1.54) is 0 Å². The third kappa shape index (κ3) is 2.47. The van der Waals surface area contributed by atoms with E-state index in [9.17, 15) is 24.9 Å². The first-order valence-electron chi connectivity index (χ1n) is 4.44. The van der Waals surface area contributed by atoms with Gasteiger partial charge in [0, 0.05) is 6.92 Å². The molecule has 5 atom stereocenters. The molecule has 16 heavy (non-hydrogen) atoms. The Morgan fingerprint density at radius 3 is 2.12 bits per heavy atom. The van der Waals surface area contributed by atoms with E-state index in [4.69, 9.17) is 5.11 Å². The average molecular weight is 236 g/mol. The predicted octanol–water partition coefficient (Wildman–Crippen LogP) is -2.56. The lowest BCUT2D eigenvalue weighted by Crippen LogP contribution is -2.60. The van der Waals surface area contributed by atoms with Gasteiger partial charge in [-0.15, -0.1) is 0 Å². The molecule has 0 saturated carbocycles. The Morgan fingerprint density at radius 2 is 1.69 bits per heavy atom. The number of ether oxygens (including phenoxy) is 2. The van der Waals surface area contributed by atoms with Gasteiger partial charge < -0.3 is 29.9 Å². The van der Waals surface area contributed by atoms with Crippen LogP contribution in [0, 0.1) is 0 Å². The summed E-state index contributed by atoms with van der Waals surface area (Å²) in [5.74, 6) is -2.34. The Hall–Kier alpha value is -1.22. The monoisotopic (exact) mass is 236 g/mol. The Balaban J connectivity index is 2.80. The minimum absolute atomic E-state index is 0.809. The van der Waals surface area contributed by atoms with Crippen LogP contribution < -0.4 is 0 Å². The molecule has 1 aliphatic heterocycles. The number of carbonyl (C=O) groups is 2. The molecule has 3 unspecified atom stereocenters. The first kappa shape index (κ1) is 12.8. The van der Waals surface area contributed by atoms with Crippen LogP contribution >= 0.6 is 0 Å². The fourth-order valence-electron chi connectivity index (χ4n) is 1.31. The molecule has 1 saturated heterocycles. The van der Waals surface area contributed by atoms with Gasteiger partial charge in [-0.1, -0.05) is 0 Å². The van der Waals surface area contributed by atoms with Crippen LogP contribution in [-0.2, 0) is 19.1 Å². The van der Waals surface area contributed by atoms with Crippen molar-refractivity contribution in [2.75, 3.05) is 0 Å². The lowest BCUT2D eigenvalue weighted by molar-refractivity contribution is -0.285. The summed E-state index contributed by atoms with van der Waals surface area (Å²) < 4.78 is 9.11. The summed E-state index contributed by atoms with van der Waals surface area (Å²) in [5, 5.41) is 36.6. The summed E-state index contributed by atoms with van der Waals surface area (Å²) in [4.78, 5) is 21.2. The summed E-state index contributed by atoms with van der Waals surface area (Å²) in [7, 11) is 0. The van der Waals surface area contributed by atoms with Gasteiger partial charge in [0.15, 0.2) is 6.10 Å². The summed E-state index contributed by atoms with van der Waals surface area (Å²) >= 11 is 0. The van der Waals surface area contributed by atoms with Crippen molar-refractivity contribution in [1.82, 2.24) is 0 Å². The second-order valence-electron chi connectivity index (χ2n) is 3.34. The molecule has 0 aromatic carbocycles. The normalized spacial score (nSPS) is 39.1. The fourth-order valence-corrected chi connectivity index (χ4v) is 1.31. The SMILES string of the molecule is CC(=O)O[C@@H]1OC(C(=O)O)C(O)[C@H](O)C1O. The lowest BCUT2D eigenvalue weighted by atomic mass is 9.99. The molecule has 8 nitrogen and oxygen atoms in total.